The lowest BCUT2D eigenvalue weighted by atomic mass is 10.0. The first-order valence-corrected chi connectivity index (χ1v) is 11.0. The second-order valence-corrected chi connectivity index (χ2v) is 9.92. The van der Waals surface area contributed by atoms with Crippen molar-refractivity contribution in [3.8, 4) is 0 Å². The topological polar surface area (TPSA) is 40.6 Å². The molecule has 0 aliphatic carbocycles. The Morgan fingerprint density at radius 2 is 1.87 bits per heavy atom. The average Bonchev–Trinajstić information content (AvgIpc) is 2.85. The van der Waals surface area contributed by atoms with Crippen molar-refractivity contribution in [3.63, 3.8) is 0 Å². The second-order valence-electron chi connectivity index (χ2n) is 7.69. The van der Waals surface area contributed by atoms with Crippen molar-refractivity contribution in [1.29, 1.82) is 0 Å². The van der Waals surface area contributed by atoms with Crippen LogP contribution >= 0.6 is 0 Å². The number of rotatable bonds is 7. The van der Waals surface area contributed by atoms with Gasteiger partial charge in [-0.3, -0.25) is 4.90 Å². The molecule has 2 rings (SSSR count). The van der Waals surface area contributed by atoms with Gasteiger partial charge in [0.1, 0.15) is 0 Å². The highest BCUT2D eigenvalue weighted by molar-refractivity contribution is 7.91. The number of allylic oxidation sites excluding steroid dienone is 2. The summed E-state index contributed by atoms with van der Waals surface area (Å²) in [5.74, 6) is 1.55. The highest BCUT2D eigenvalue weighted by atomic mass is 32.2. The summed E-state index contributed by atoms with van der Waals surface area (Å²) in [6.07, 6.45) is 6.93. The van der Waals surface area contributed by atoms with E-state index in [1.165, 1.54) is 31.4 Å². The molecule has 2 aliphatic heterocycles. The van der Waals surface area contributed by atoms with Crippen LogP contribution in [-0.4, -0.2) is 68.5 Å². The molecular formula is C18H34N2O2S. The van der Waals surface area contributed by atoms with E-state index >= 15 is 0 Å². The highest BCUT2D eigenvalue weighted by Crippen LogP contribution is 2.20. The van der Waals surface area contributed by atoms with E-state index in [1.807, 2.05) is 0 Å². The minimum atomic E-state index is -2.75. The normalized spacial score (nSPS) is 27.0. The number of hydrogen-bond donors (Lipinski definition) is 0. The number of piperazine rings is 1. The maximum atomic E-state index is 11.6. The summed E-state index contributed by atoms with van der Waals surface area (Å²) in [5, 5.41) is 0. The third-order valence-electron chi connectivity index (χ3n) is 5.28. The molecule has 0 bridgehead atoms. The van der Waals surface area contributed by atoms with Crippen LogP contribution < -0.4 is 0 Å². The molecule has 2 heterocycles. The Labute approximate surface area is 142 Å². The fourth-order valence-corrected chi connectivity index (χ4v) is 5.38. The van der Waals surface area contributed by atoms with Crippen LogP contribution in [0.25, 0.3) is 0 Å². The van der Waals surface area contributed by atoms with Crippen LogP contribution in [0, 0.1) is 5.92 Å². The van der Waals surface area contributed by atoms with Gasteiger partial charge in [-0.25, -0.2) is 8.42 Å². The Morgan fingerprint density at radius 1 is 1.17 bits per heavy atom. The summed E-state index contributed by atoms with van der Waals surface area (Å²) in [6.45, 7) is 12.1. The van der Waals surface area contributed by atoms with Crippen molar-refractivity contribution in [1.82, 2.24) is 9.80 Å². The van der Waals surface area contributed by atoms with Gasteiger partial charge in [-0.15, -0.1) is 0 Å². The van der Waals surface area contributed by atoms with Crippen LogP contribution in [0.4, 0.5) is 0 Å². The molecule has 0 unspecified atom stereocenters. The van der Waals surface area contributed by atoms with E-state index in [0.29, 0.717) is 11.5 Å². The fourth-order valence-electron chi connectivity index (χ4n) is 3.62. The van der Waals surface area contributed by atoms with Gasteiger partial charge >= 0.3 is 0 Å². The van der Waals surface area contributed by atoms with Crippen LogP contribution in [0.15, 0.2) is 11.6 Å². The van der Waals surface area contributed by atoms with E-state index in [0.717, 1.165) is 38.5 Å². The van der Waals surface area contributed by atoms with Crippen molar-refractivity contribution in [2.75, 3.05) is 44.2 Å². The zero-order valence-electron chi connectivity index (χ0n) is 15.1. The van der Waals surface area contributed by atoms with Crippen molar-refractivity contribution in [2.24, 2.45) is 5.92 Å². The lowest BCUT2D eigenvalue weighted by Gasteiger charge is -2.38. The molecule has 0 aromatic heterocycles. The van der Waals surface area contributed by atoms with Gasteiger partial charge in [0.2, 0.25) is 0 Å². The van der Waals surface area contributed by atoms with Gasteiger partial charge in [-0.1, -0.05) is 18.6 Å². The Bertz CT molecular complexity index is 489. The lowest BCUT2D eigenvalue weighted by molar-refractivity contribution is 0.101. The maximum absolute atomic E-state index is 11.6. The lowest BCUT2D eigenvalue weighted by Crippen LogP contribution is -2.50. The zero-order valence-corrected chi connectivity index (χ0v) is 15.9. The molecule has 5 heteroatoms. The van der Waals surface area contributed by atoms with E-state index in [9.17, 15) is 8.42 Å². The van der Waals surface area contributed by atoms with E-state index in [-0.39, 0.29) is 6.04 Å². The summed E-state index contributed by atoms with van der Waals surface area (Å²) in [5.41, 5.74) is 1.42. The number of hydrogen-bond acceptors (Lipinski definition) is 4. The Kier molecular flexibility index (Phi) is 7.11. The monoisotopic (exact) mass is 342 g/mol. The Hall–Kier alpha value is -0.390. The molecule has 134 valence electrons. The molecule has 0 aromatic carbocycles. The third-order valence-corrected chi connectivity index (χ3v) is 7.03. The summed E-state index contributed by atoms with van der Waals surface area (Å²) < 4.78 is 23.2. The van der Waals surface area contributed by atoms with Crippen molar-refractivity contribution in [2.45, 2.75) is 52.5 Å². The second kappa shape index (κ2) is 8.63. The van der Waals surface area contributed by atoms with Gasteiger partial charge in [0, 0.05) is 32.2 Å². The smallest absolute Gasteiger partial charge is 0.151 e. The third kappa shape index (κ3) is 6.55. The predicted octanol–water partition coefficient (Wildman–Crippen LogP) is 2.56. The van der Waals surface area contributed by atoms with Crippen LogP contribution in [0.2, 0.25) is 0 Å². The largest absolute Gasteiger partial charge is 0.301 e. The first-order valence-electron chi connectivity index (χ1n) is 9.16. The van der Waals surface area contributed by atoms with Crippen molar-refractivity contribution in [3.05, 3.63) is 11.6 Å². The Morgan fingerprint density at radius 3 is 2.43 bits per heavy atom. The minimum Gasteiger partial charge on any atom is -0.301 e. The summed E-state index contributed by atoms with van der Waals surface area (Å²) in [6, 6.07) is 0.283. The molecule has 23 heavy (non-hydrogen) atoms. The van der Waals surface area contributed by atoms with Gasteiger partial charge < -0.3 is 4.90 Å². The first-order chi connectivity index (χ1) is 10.9. The van der Waals surface area contributed by atoms with Crippen molar-refractivity contribution < 1.29 is 8.42 Å². The highest BCUT2D eigenvalue weighted by Gasteiger charge is 2.33. The molecule has 0 saturated carbocycles. The number of nitrogens with zero attached hydrogens (tertiary/aromatic N) is 2. The quantitative estimate of drug-likeness (QED) is 0.667. The van der Waals surface area contributed by atoms with E-state index in [4.69, 9.17) is 0 Å². The first kappa shape index (κ1) is 18.9. The standard InChI is InChI=1S/C18H34N2O2S/c1-16(2)5-4-6-17(3)7-9-19-10-12-20(13-11-19)18-8-14-23(21,22)15-18/h5,17-18H,4,6-15H2,1-3H3/t17-,18-/m1/s1. The molecule has 2 atom stereocenters. The van der Waals surface area contributed by atoms with E-state index in [1.54, 1.807) is 0 Å². The van der Waals surface area contributed by atoms with Gasteiger partial charge in [-0.2, -0.15) is 0 Å². The van der Waals surface area contributed by atoms with Gasteiger partial charge in [0.15, 0.2) is 9.84 Å². The molecule has 0 radical (unpaired) electrons. The summed E-state index contributed by atoms with van der Waals surface area (Å²) >= 11 is 0. The predicted molar refractivity (Wildman–Crippen MR) is 97.5 cm³/mol. The molecule has 2 saturated heterocycles. The van der Waals surface area contributed by atoms with E-state index in [2.05, 4.69) is 36.6 Å². The molecule has 2 aliphatic rings. The molecule has 0 amide bonds. The molecule has 0 N–H and O–H groups in total. The SMILES string of the molecule is CC(C)=CCC[C@@H](C)CCN1CCN([C@@H]2CCS(=O)(=O)C2)CC1. The summed E-state index contributed by atoms with van der Waals surface area (Å²) in [4.78, 5) is 4.96. The van der Waals surface area contributed by atoms with Gasteiger partial charge in [-0.05, 0) is 52.0 Å². The van der Waals surface area contributed by atoms with Gasteiger partial charge in [0.05, 0.1) is 11.5 Å². The summed E-state index contributed by atoms with van der Waals surface area (Å²) in [7, 11) is -2.75. The van der Waals surface area contributed by atoms with Crippen LogP contribution in [0.1, 0.15) is 46.5 Å². The minimum absolute atomic E-state index is 0.283. The van der Waals surface area contributed by atoms with Crippen LogP contribution in [0.3, 0.4) is 0 Å². The van der Waals surface area contributed by atoms with Crippen molar-refractivity contribution >= 4 is 9.84 Å². The fraction of sp³-hybridized carbons (Fsp3) is 0.889. The average molecular weight is 343 g/mol. The van der Waals surface area contributed by atoms with Gasteiger partial charge in [0.25, 0.3) is 0 Å². The molecule has 2 fully saturated rings. The Balaban J connectivity index is 1.62. The molecule has 0 spiro atoms. The zero-order chi connectivity index (χ0) is 16.9. The van der Waals surface area contributed by atoms with Crippen LogP contribution in [0.5, 0.6) is 0 Å². The molecular weight excluding hydrogens is 308 g/mol. The molecule has 4 nitrogen and oxygen atoms in total. The maximum Gasteiger partial charge on any atom is 0.151 e. The van der Waals surface area contributed by atoms with E-state index < -0.39 is 9.84 Å². The molecule has 0 aromatic rings. The number of sulfone groups is 1. The van der Waals surface area contributed by atoms with Crippen LogP contribution in [-0.2, 0) is 9.84 Å².